The van der Waals surface area contributed by atoms with Gasteiger partial charge in [-0.2, -0.15) is 0 Å². The fourth-order valence-electron chi connectivity index (χ4n) is 3.29. The average Bonchev–Trinajstić information content (AvgIpc) is 3.14. The fourth-order valence-corrected chi connectivity index (χ4v) is 3.41. The molecular weight excluding hydrogens is 408 g/mol. The molecule has 0 bridgehead atoms. The summed E-state index contributed by atoms with van der Waals surface area (Å²) in [7, 11) is 3.27. The van der Waals surface area contributed by atoms with Crippen molar-refractivity contribution in [2.24, 2.45) is 7.05 Å². The minimum absolute atomic E-state index is 0.0701. The Morgan fingerprint density at radius 3 is 2.50 bits per heavy atom. The monoisotopic (exact) mass is 434 g/mol. The summed E-state index contributed by atoms with van der Waals surface area (Å²) >= 11 is 5.85. The first-order chi connectivity index (χ1) is 14.5. The van der Waals surface area contributed by atoms with E-state index in [0.717, 1.165) is 25.2 Å². The molecule has 0 spiro atoms. The molecule has 3 amide bonds. The van der Waals surface area contributed by atoms with Crippen LogP contribution in [0.5, 0.6) is 5.88 Å². The molecule has 162 valence electrons. The Bertz CT molecular complexity index is 862. The Labute approximate surface area is 180 Å². The van der Waals surface area contributed by atoms with Crippen molar-refractivity contribution in [3.05, 3.63) is 46.6 Å². The zero-order valence-corrected chi connectivity index (χ0v) is 18.0. The first-order valence-corrected chi connectivity index (χ1v) is 10.2. The standard InChI is InChI=1S/C20H27ClN6O3/c1-25-14-17(18(24-25)30-2)19(28)27-11-9-26(10-12-27)8-7-22-20(29)23-13-15-3-5-16(21)6-4-15/h3-6,14H,7-13H2,1-2H3,(H2,22,23,29). The summed E-state index contributed by atoms with van der Waals surface area (Å²) in [5, 5.41) is 10.5. The van der Waals surface area contributed by atoms with E-state index < -0.39 is 0 Å². The summed E-state index contributed by atoms with van der Waals surface area (Å²) in [6, 6.07) is 7.15. The van der Waals surface area contributed by atoms with Crippen molar-refractivity contribution in [1.82, 2.24) is 30.2 Å². The van der Waals surface area contributed by atoms with Gasteiger partial charge in [0.05, 0.1) is 7.11 Å². The third-order valence-corrected chi connectivity index (χ3v) is 5.21. The van der Waals surface area contributed by atoms with Gasteiger partial charge in [0.15, 0.2) is 0 Å². The van der Waals surface area contributed by atoms with Crippen molar-refractivity contribution < 1.29 is 14.3 Å². The largest absolute Gasteiger partial charge is 0.479 e. The second-order valence-corrected chi connectivity index (χ2v) is 7.53. The molecule has 1 aliphatic heterocycles. The lowest BCUT2D eigenvalue weighted by molar-refractivity contribution is 0.0636. The molecule has 1 aromatic carbocycles. The number of carbonyl (C=O) groups excluding carboxylic acids is 2. The van der Waals surface area contributed by atoms with Crippen LogP contribution in [0.25, 0.3) is 0 Å². The zero-order chi connectivity index (χ0) is 21.5. The van der Waals surface area contributed by atoms with E-state index in [2.05, 4.69) is 20.6 Å². The number of methoxy groups -OCH3 is 1. The minimum atomic E-state index is -0.206. The number of halogens is 1. The number of hydrogen-bond acceptors (Lipinski definition) is 5. The van der Waals surface area contributed by atoms with Gasteiger partial charge in [-0.1, -0.05) is 23.7 Å². The number of aryl methyl sites for hydroxylation is 1. The third kappa shape index (κ3) is 5.87. The van der Waals surface area contributed by atoms with Gasteiger partial charge in [0, 0.05) is 64.1 Å². The van der Waals surface area contributed by atoms with Gasteiger partial charge in [-0.25, -0.2) is 4.79 Å². The maximum absolute atomic E-state index is 12.7. The minimum Gasteiger partial charge on any atom is -0.479 e. The molecule has 9 nitrogen and oxygen atoms in total. The number of carbonyl (C=O) groups is 2. The maximum atomic E-state index is 12.7. The van der Waals surface area contributed by atoms with Crippen LogP contribution in [-0.4, -0.2) is 77.9 Å². The van der Waals surface area contributed by atoms with Gasteiger partial charge >= 0.3 is 6.03 Å². The molecule has 10 heteroatoms. The summed E-state index contributed by atoms with van der Waals surface area (Å²) in [6.45, 7) is 4.47. The van der Waals surface area contributed by atoms with E-state index >= 15 is 0 Å². The highest BCUT2D eigenvalue weighted by molar-refractivity contribution is 6.30. The van der Waals surface area contributed by atoms with Gasteiger partial charge < -0.3 is 20.3 Å². The molecular formula is C20H27ClN6O3. The molecule has 1 fully saturated rings. The Morgan fingerprint density at radius 1 is 1.13 bits per heavy atom. The van der Waals surface area contributed by atoms with Crippen molar-refractivity contribution in [3.63, 3.8) is 0 Å². The van der Waals surface area contributed by atoms with Crippen LogP contribution in [0.15, 0.2) is 30.5 Å². The van der Waals surface area contributed by atoms with Gasteiger partial charge in [-0.3, -0.25) is 14.4 Å². The zero-order valence-electron chi connectivity index (χ0n) is 17.2. The molecule has 0 unspecified atom stereocenters. The quantitative estimate of drug-likeness (QED) is 0.686. The van der Waals surface area contributed by atoms with E-state index in [1.54, 1.807) is 30.1 Å². The summed E-state index contributed by atoms with van der Waals surface area (Å²) < 4.78 is 6.76. The van der Waals surface area contributed by atoms with Crippen LogP contribution in [0, 0.1) is 0 Å². The number of hydrogen-bond donors (Lipinski definition) is 2. The highest BCUT2D eigenvalue weighted by Crippen LogP contribution is 2.18. The van der Waals surface area contributed by atoms with Gasteiger partial charge in [-0.15, -0.1) is 5.10 Å². The summed E-state index contributed by atoms with van der Waals surface area (Å²) in [5.41, 5.74) is 1.47. The lowest BCUT2D eigenvalue weighted by Gasteiger charge is -2.34. The number of aromatic nitrogens is 2. The van der Waals surface area contributed by atoms with Gasteiger partial charge in [-0.05, 0) is 17.7 Å². The lowest BCUT2D eigenvalue weighted by Crippen LogP contribution is -2.50. The van der Waals surface area contributed by atoms with Crippen LogP contribution >= 0.6 is 11.6 Å². The normalized spacial score (nSPS) is 14.4. The number of rotatable bonds is 7. The van der Waals surface area contributed by atoms with E-state index in [-0.39, 0.29) is 11.9 Å². The Morgan fingerprint density at radius 2 is 1.83 bits per heavy atom. The Kier molecular flexibility index (Phi) is 7.53. The number of ether oxygens (including phenoxy) is 1. The SMILES string of the molecule is COc1nn(C)cc1C(=O)N1CCN(CCNC(=O)NCc2ccc(Cl)cc2)CC1. The topological polar surface area (TPSA) is 91.7 Å². The van der Waals surface area contributed by atoms with Crippen LogP contribution in [-0.2, 0) is 13.6 Å². The van der Waals surface area contributed by atoms with Crippen molar-refractivity contribution in [1.29, 1.82) is 0 Å². The molecule has 30 heavy (non-hydrogen) atoms. The molecule has 3 rings (SSSR count). The van der Waals surface area contributed by atoms with Crippen molar-refractivity contribution in [2.45, 2.75) is 6.54 Å². The maximum Gasteiger partial charge on any atom is 0.315 e. The van der Waals surface area contributed by atoms with Crippen molar-refractivity contribution in [3.8, 4) is 5.88 Å². The molecule has 0 saturated carbocycles. The van der Waals surface area contributed by atoms with Crippen LogP contribution in [0.1, 0.15) is 15.9 Å². The number of benzene rings is 1. The summed E-state index contributed by atoms with van der Waals surface area (Å²) in [5.74, 6) is 0.276. The van der Waals surface area contributed by atoms with Crippen molar-refractivity contribution in [2.75, 3.05) is 46.4 Å². The van der Waals surface area contributed by atoms with Gasteiger partial charge in [0.25, 0.3) is 5.91 Å². The molecule has 1 aliphatic rings. The fraction of sp³-hybridized carbons (Fsp3) is 0.450. The van der Waals surface area contributed by atoms with E-state index in [1.165, 1.54) is 7.11 Å². The lowest BCUT2D eigenvalue weighted by atomic mass is 10.2. The number of urea groups is 1. The summed E-state index contributed by atoms with van der Waals surface area (Å²) in [4.78, 5) is 28.7. The molecule has 0 aliphatic carbocycles. The van der Waals surface area contributed by atoms with Crippen LogP contribution in [0.4, 0.5) is 4.79 Å². The molecule has 1 saturated heterocycles. The highest BCUT2D eigenvalue weighted by Gasteiger charge is 2.25. The van der Waals surface area contributed by atoms with Crippen LogP contribution < -0.4 is 15.4 Å². The average molecular weight is 435 g/mol. The second kappa shape index (κ2) is 10.3. The predicted octanol–water partition coefficient (Wildman–Crippen LogP) is 1.34. The van der Waals surface area contributed by atoms with Crippen LogP contribution in [0.3, 0.4) is 0 Å². The van der Waals surface area contributed by atoms with Crippen molar-refractivity contribution >= 4 is 23.5 Å². The van der Waals surface area contributed by atoms with E-state index in [0.29, 0.717) is 42.6 Å². The first-order valence-electron chi connectivity index (χ1n) is 9.81. The van der Waals surface area contributed by atoms with E-state index in [4.69, 9.17) is 16.3 Å². The molecule has 0 atom stereocenters. The Hall–Kier alpha value is -2.78. The Balaban J connectivity index is 1.35. The summed E-state index contributed by atoms with van der Waals surface area (Å²) in [6.07, 6.45) is 1.68. The first kappa shape index (κ1) is 21.9. The number of amides is 3. The molecule has 1 aromatic heterocycles. The molecule has 2 heterocycles. The third-order valence-electron chi connectivity index (χ3n) is 4.96. The number of nitrogens with zero attached hydrogens (tertiary/aromatic N) is 4. The van der Waals surface area contributed by atoms with Crippen LogP contribution in [0.2, 0.25) is 5.02 Å². The predicted molar refractivity (Wildman–Crippen MR) is 114 cm³/mol. The molecule has 2 aromatic rings. The number of nitrogens with one attached hydrogen (secondary N) is 2. The number of piperazine rings is 1. The second-order valence-electron chi connectivity index (χ2n) is 7.10. The molecule has 2 N–H and O–H groups in total. The van der Waals surface area contributed by atoms with E-state index in [9.17, 15) is 9.59 Å². The van der Waals surface area contributed by atoms with Gasteiger partial charge in [0.2, 0.25) is 5.88 Å². The molecule has 0 radical (unpaired) electrons. The smallest absolute Gasteiger partial charge is 0.315 e. The van der Waals surface area contributed by atoms with Gasteiger partial charge in [0.1, 0.15) is 5.56 Å². The van der Waals surface area contributed by atoms with E-state index in [1.807, 2.05) is 17.0 Å². The highest BCUT2D eigenvalue weighted by atomic mass is 35.5.